The number of aryl methyl sites for hydroxylation is 1. The van der Waals surface area contributed by atoms with E-state index in [2.05, 4.69) is 20.5 Å². The van der Waals surface area contributed by atoms with Crippen molar-refractivity contribution in [2.75, 3.05) is 19.6 Å². The molecule has 1 fully saturated rings. The molecular weight excluding hydrogens is 246 g/mol. The number of H-pyrrole nitrogens is 1. The first kappa shape index (κ1) is 13.5. The predicted octanol–water partition coefficient (Wildman–Crippen LogP) is 0.109. The van der Waals surface area contributed by atoms with Crippen LogP contribution in [0.3, 0.4) is 0 Å². The van der Waals surface area contributed by atoms with Gasteiger partial charge in [-0.15, -0.1) is 5.10 Å². The summed E-state index contributed by atoms with van der Waals surface area (Å²) in [4.78, 5) is 29.3. The number of likely N-dealkylation sites (tertiary alicyclic amines) is 1. The van der Waals surface area contributed by atoms with E-state index in [1.165, 1.54) is 0 Å². The largest absolute Gasteiger partial charge is 0.349 e. The van der Waals surface area contributed by atoms with E-state index in [-0.39, 0.29) is 17.6 Å². The van der Waals surface area contributed by atoms with Crippen LogP contribution in [-0.4, -0.2) is 51.5 Å². The van der Waals surface area contributed by atoms with Crippen molar-refractivity contribution < 1.29 is 9.59 Å². The standard InChI is InChI=1S/C12H19N5O2/c1-2-9-14-11(16-15-9)12(19)13-6-5-10(18)17-7-3-4-8-17/h2-8H2,1H3,(H,13,19)(H,14,15,16). The summed E-state index contributed by atoms with van der Waals surface area (Å²) in [5.41, 5.74) is 0. The zero-order valence-corrected chi connectivity index (χ0v) is 11.1. The van der Waals surface area contributed by atoms with Crippen LogP contribution in [-0.2, 0) is 11.2 Å². The van der Waals surface area contributed by atoms with Gasteiger partial charge in [-0.3, -0.25) is 14.7 Å². The first-order valence-corrected chi connectivity index (χ1v) is 6.68. The summed E-state index contributed by atoms with van der Waals surface area (Å²) >= 11 is 0. The van der Waals surface area contributed by atoms with Crippen LogP contribution >= 0.6 is 0 Å². The molecule has 2 amide bonds. The molecule has 1 saturated heterocycles. The number of hydrogen-bond donors (Lipinski definition) is 2. The van der Waals surface area contributed by atoms with Gasteiger partial charge in [-0.1, -0.05) is 6.92 Å². The summed E-state index contributed by atoms with van der Waals surface area (Å²) < 4.78 is 0. The molecule has 0 saturated carbocycles. The van der Waals surface area contributed by atoms with Crippen molar-refractivity contribution in [3.05, 3.63) is 11.6 Å². The monoisotopic (exact) mass is 265 g/mol. The Morgan fingerprint density at radius 2 is 2.11 bits per heavy atom. The fourth-order valence-corrected chi connectivity index (χ4v) is 2.04. The Morgan fingerprint density at radius 3 is 2.74 bits per heavy atom. The smallest absolute Gasteiger partial charge is 0.290 e. The third-order valence-corrected chi connectivity index (χ3v) is 3.15. The molecule has 1 aliphatic rings. The van der Waals surface area contributed by atoms with Crippen molar-refractivity contribution in [3.63, 3.8) is 0 Å². The van der Waals surface area contributed by atoms with Crippen LogP contribution in [0.2, 0.25) is 0 Å². The Labute approximate surface area is 111 Å². The molecule has 0 spiro atoms. The highest BCUT2D eigenvalue weighted by atomic mass is 16.2. The van der Waals surface area contributed by atoms with Crippen molar-refractivity contribution in [3.8, 4) is 0 Å². The minimum atomic E-state index is -0.342. The first-order valence-electron chi connectivity index (χ1n) is 6.68. The lowest BCUT2D eigenvalue weighted by Gasteiger charge is -2.14. The highest BCUT2D eigenvalue weighted by molar-refractivity contribution is 5.90. The topological polar surface area (TPSA) is 91.0 Å². The summed E-state index contributed by atoms with van der Waals surface area (Å²) in [5.74, 6) is 0.566. The Hall–Kier alpha value is -1.92. The van der Waals surface area contributed by atoms with Crippen molar-refractivity contribution >= 4 is 11.8 Å². The van der Waals surface area contributed by atoms with E-state index in [0.29, 0.717) is 25.2 Å². The number of amides is 2. The molecule has 1 aromatic rings. The fraction of sp³-hybridized carbons (Fsp3) is 0.667. The van der Waals surface area contributed by atoms with Crippen molar-refractivity contribution in [1.82, 2.24) is 25.4 Å². The van der Waals surface area contributed by atoms with Crippen LogP contribution in [0.4, 0.5) is 0 Å². The fourth-order valence-electron chi connectivity index (χ4n) is 2.04. The number of rotatable bonds is 5. The van der Waals surface area contributed by atoms with Crippen LogP contribution < -0.4 is 5.32 Å². The number of carbonyl (C=O) groups excluding carboxylic acids is 2. The van der Waals surface area contributed by atoms with Crippen molar-refractivity contribution in [1.29, 1.82) is 0 Å². The number of aromatic amines is 1. The molecule has 104 valence electrons. The number of nitrogens with zero attached hydrogens (tertiary/aromatic N) is 3. The summed E-state index contributed by atoms with van der Waals surface area (Å²) in [6, 6.07) is 0. The molecule has 0 aromatic carbocycles. The van der Waals surface area contributed by atoms with Crippen LogP contribution in [0.15, 0.2) is 0 Å². The Bertz CT molecular complexity index is 451. The van der Waals surface area contributed by atoms with Crippen molar-refractivity contribution in [2.24, 2.45) is 0 Å². The highest BCUT2D eigenvalue weighted by Gasteiger charge is 2.18. The maximum Gasteiger partial charge on any atom is 0.290 e. The van der Waals surface area contributed by atoms with E-state index in [0.717, 1.165) is 25.9 Å². The van der Waals surface area contributed by atoms with Gasteiger partial charge in [-0.25, -0.2) is 4.98 Å². The van der Waals surface area contributed by atoms with E-state index in [4.69, 9.17) is 0 Å². The van der Waals surface area contributed by atoms with Gasteiger partial charge in [0.25, 0.3) is 5.91 Å². The molecule has 1 aromatic heterocycles. The molecule has 0 bridgehead atoms. The molecule has 2 heterocycles. The summed E-state index contributed by atoms with van der Waals surface area (Å²) in [6.07, 6.45) is 3.19. The lowest BCUT2D eigenvalue weighted by Crippen LogP contribution is -2.33. The van der Waals surface area contributed by atoms with E-state index in [1.807, 2.05) is 11.8 Å². The molecule has 0 radical (unpaired) electrons. The summed E-state index contributed by atoms with van der Waals surface area (Å²) in [7, 11) is 0. The highest BCUT2D eigenvalue weighted by Crippen LogP contribution is 2.08. The van der Waals surface area contributed by atoms with Crippen LogP contribution in [0, 0.1) is 0 Å². The lowest BCUT2D eigenvalue weighted by molar-refractivity contribution is -0.129. The molecule has 0 aliphatic carbocycles. The van der Waals surface area contributed by atoms with Gasteiger partial charge >= 0.3 is 0 Å². The molecule has 7 heteroatoms. The minimum Gasteiger partial charge on any atom is -0.349 e. The molecule has 7 nitrogen and oxygen atoms in total. The van der Waals surface area contributed by atoms with Gasteiger partial charge in [-0.2, -0.15) is 0 Å². The van der Waals surface area contributed by atoms with Gasteiger partial charge in [0, 0.05) is 32.5 Å². The second-order valence-corrected chi connectivity index (χ2v) is 4.55. The molecule has 0 atom stereocenters. The Morgan fingerprint density at radius 1 is 1.37 bits per heavy atom. The maximum atomic E-state index is 11.8. The van der Waals surface area contributed by atoms with Crippen molar-refractivity contribution in [2.45, 2.75) is 32.6 Å². The van der Waals surface area contributed by atoms with Gasteiger partial charge in [0.15, 0.2) is 0 Å². The molecule has 0 unspecified atom stereocenters. The van der Waals surface area contributed by atoms with Crippen LogP contribution in [0.5, 0.6) is 0 Å². The van der Waals surface area contributed by atoms with Crippen LogP contribution in [0.1, 0.15) is 42.6 Å². The molecule has 2 rings (SSSR count). The average Bonchev–Trinajstić information content (AvgIpc) is 3.09. The number of carbonyl (C=O) groups is 2. The number of nitrogens with one attached hydrogen (secondary N) is 2. The Kier molecular flexibility index (Phi) is 4.48. The van der Waals surface area contributed by atoms with E-state index in [9.17, 15) is 9.59 Å². The zero-order chi connectivity index (χ0) is 13.7. The van der Waals surface area contributed by atoms with E-state index in [1.54, 1.807) is 0 Å². The summed E-state index contributed by atoms with van der Waals surface area (Å²) in [6.45, 7) is 3.93. The van der Waals surface area contributed by atoms with Gasteiger partial charge in [-0.05, 0) is 12.8 Å². The normalized spacial score (nSPS) is 14.7. The second-order valence-electron chi connectivity index (χ2n) is 4.55. The molecule has 19 heavy (non-hydrogen) atoms. The van der Waals surface area contributed by atoms with Crippen LogP contribution in [0.25, 0.3) is 0 Å². The second kappa shape index (κ2) is 6.31. The quantitative estimate of drug-likeness (QED) is 0.790. The number of aromatic nitrogens is 3. The SMILES string of the molecule is CCc1nc(C(=O)NCCC(=O)N2CCCC2)n[nH]1. The van der Waals surface area contributed by atoms with Gasteiger partial charge in [0.1, 0.15) is 5.82 Å². The minimum absolute atomic E-state index is 0.0991. The predicted molar refractivity (Wildman–Crippen MR) is 68.5 cm³/mol. The molecular formula is C12H19N5O2. The van der Waals surface area contributed by atoms with E-state index >= 15 is 0 Å². The van der Waals surface area contributed by atoms with E-state index < -0.39 is 0 Å². The lowest BCUT2D eigenvalue weighted by atomic mass is 10.3. The third kappa shape index (κ3) is 3.52. The molecule has 1 aliphatic heterocycles. The Balaban J connectivity index is 1.72. The zero-order valence-electron chi connectivity index (χ0n) is 11.1. The first-order chi connectivity index (χ1) is 9.20. The average molecular weight is 265 g/mol. The maximum absolute atomic E-state index is 11.8. The van der Waals surface area contributed by atoms with Gasteiger partial charge < -0.3 is 10.2 Å². The summed E-state index contributed by atoms with van der Waals surface area (Å²) in [5, 5.41) is 9.16. The van der Waals surface area contributed by atoms with Gasteiger partial charge in [0.05, 0.1) is 0 Å². The van der Waals surface area contributed by atoms with Gasteiger partial charge in [0.2, 0.25) is 11.7 Å². The molecule has 2 N–H and O–H groups in total. The third-order valence-electron chi connectivity index (χ3n) is 3.15. The number of hydrogen-bond acceptors (Lipinski definition) is 4.